The summed E-state index contributed by atoms with van der Waals surface area (Å²) >= 11 is 0. The smallest absolute Gasteiger partial charge is 0.146 e. The van der Waals surface area contributed by atoms with Crippen molar-refractivity contribution in [3.05, 3.63) is 34.5 Å². The average Bonchev–Trinajstić information content (AvgIpc) is 2.92. The third-order valence-corrected chi connectivity index (χ3v) is 13.0. The Labute approximate surface area is 166 Å². The predicted molar refractivity (Wildman–Crippen MR) is 121 cm³/mol. The number of nitrogens with zero attached hydrogens (tertiary/aromatic N) is 1. The highest BCUT2D eigenvalue weighted by Crippen LogP contribution is 2.41. The minimum Gasteiger partial charge on any atom is -0.357 e. The molecule has 1 aliphatic rings. The van der Waals surface area contributed by atoms with E-state index < -0.39 is 8.07 Å². The molecule has 1 aromatic heterocycles. The molecule has 0 radical (unpaired) electrons. The molecule has 2 aromatic rings. The fourth-order valence-corrected chi connectivity index (χ4v) is 10.5. The van der Waals surface area contributed by atoms with Gasteiger partial charge in [-0.3, -0.25) is 0 Å². The maximum Gasteiger partial charge on any atom is 0.146 e. The highest BCUT2D eigenvalue weighted by Gasteiger charge is 2.41. The lowest BCUT2D eigenvalue weighted by Crippen LogP contribution is -2.43. The first-order valence-corrected chi connectivity index (χ1v) is 12.8. The van der Waals surface area contributed by atoms with Gasteiger partial charge in [0.2, 0.25) is 0 Å². The van der Waals surface area contributed by atoms with Gasteiger partial charge in [0.25, 0.3) is 0 Å². The van der Waals surface area contributed by atoms with E-state index in [-0.39, 0.29) is 0 Å². The van der Waals surface area contributed by atoms with Crippen LogP contribution in [0.3, 0.4) is 0 Å². The molecule has 3 heteroatoms. The van der Waals surface area contributed by atoms with Gasteiger partial charge in [-0.25, -0.2) is 0 Å². The van der Waals surface area contributed by atoms with Gasteiger partial charge in [-0.05, 0) is 53.9 Å². The van der Waals surface area contributed by atoms with Crippen LogP contribution in [0.25, 0.3) is 10.9 Å². The first-order chi connectivity index (χ1) is 12.7. The summed E-state index contributed by atoms with van der Waals surface area (Å²) in [5, 5.41) is 1.38. The average molecular weight is 381 g/mol. The summed E-state index contributed by atoms with van der Waals surface area (Å²) in [6.07, 6.45) is 1.11. The lowest BCUT2D eigenvalue weighted by molar-refractivity contribution is 0.313. The van der Waals surface area contributed by atoms with E-state index in [1.165, 1.54) is 33.3 Å². The van der Waals surface area contributed by atoms with Crippen molar-refractivity contribution in [3.8, 4) is 11.5 Å². The summed E-state index contributed by atoms with van der Waals surface area (Å²) in [4.78, 5) is 6.16. The van der Waals surface area contributed by atoms with Crippen molar-refractivity contribution < 1.29 is 0 Å². The van der Waals surface area contributed by atoms with E-state index in [4.69, 9.17) is 0 Å². The molecule has 0 saturated heterocycles. The Bertz CT molecular complexity index is 871. The van der Waals surface area contributed by atoms with Gasteiger partial charge in [-0.15, -0.1) is 5.54 Å². The summed E-state index contributed by atoms with van der Waals surface area (Å²) in [7, 11) is 0.494. The molecule has 0 bridgehead atoms. The van der Waals surface area contributed by atoms with Crippen molar-refractivity contribution in [2.45, 2.75) is 78.1 Å². The Kier molecular flexibility index (Phi) is 5.61. The topological polar surface area (TPSA) is 19.0 Å². The molecule has 146 valence electrons. The summed E-state index contributed by atoms with van der Waals surface area (Å²) in [6, 6.07) is 4.62. The van der Waals surface area contributed by atoms with Gasteiger partial charge >= 0.3 is 0 Å². The molecule has 1 N–H and O–H groups in total. The van der Waals surface area contributed by atoms with Gasteiger partial charge < -0.3 is 9.88 Å². The van der Waals surface area contributed by atoms with Crippen LogP contribution in [-0.4, -0.2) is 31.6 Å². The number of fused-ring (bicyclic) bond motifs is 3. The van der Waals surface area contributed by atoms with Crippen LogP contribution in [0.4, 0.5) is 0 Å². The molecule has 0 spiro atoms. The SMILES string of the molecule is Cc1cc(C#C[Si](C(C)C)(C(C)C)C(C)C)c2[nH]c3c(c2c1)CN(C)CC3. The summed E-state index contributed by atoms with van der Waals surface area (Å²) in [5.41, 5.74) is 12.6. The van der Waals surface area contributed by atoms with E-state index in [1.807, 2.05) is 0 Å². The number of hydrogen-bond donors (Lipinski definition) is 1. The van der Waals surface area contributed by atoms with Gasteiger partial charge in [0, 0.05) is 36.2 Å². The Balaban J connectivity index is 2.18. The zero-order valence-electron chi connectivity index (χ0n) is 18.5. The molecule has 1 aromatic carbocycles. The number of benzene rings is 1. The Hall–Kier alpha value is -1.50. The molecular weight excluding hydrogens is 344 g/mol. The van der Waals surface area contributed by atoms with E-state index in [9.17, 15) is 0 Å². The monoisotopic (exact) mass is 380 g/mol. The lowest BCUT2D eigenvalue weighted by Gasteiger charge is -2.38. The highest BCUT2D eigenvalue weighted by molar-refractivity contribution is 6.90. The van der Waals surface area contributed by atoms with Crippen molar-refractivity contribution >= 4 is 19.0 Å². The van der Waals surface area contributed by atoms with Crippen LogP contribution in [-0.2, 0) is 13.0 Å². The Morgan fingerprint density at radius 2 is 1.67 bits per heavy atom. The summed E-state index contributed by atoms with van der Waals surface area (Å²) in [5.74, 6) is 3.70. The van der Waals surface area contributed by atoms with Crippen molar-refractivity contribution in [1.82, 2.24) is 9.88 Å². The summed E-state index contributed by atoms with van der Waals surface area (Å²) < 4.78 is 0. The van der Waals surface area contributed by atoms with Crippen LogP contribution in [0.1, 0.15) is 63.9 Å². The third kappa shape index (κ3) is 3.50. The van der Waals surface area contributed by atoms with E-state index in [1.54, 1.807) is 0 Å². The van der Waals surface area contributed by atoms with Gasteiger partial charge in [-0.2, -0.15) is 0 Å². The van der Waals surface area contributed by atoms with E-state index in [0.29, 0.717) is 16.6 Å². The molecule has 0 aliphatic carbocycles. The van der Waals surface area contributed by atoms with Gasteiger partial charge in [0.1, 0.15) is 8.07 Å². The molecule has 0 saturated carbocycles. The second-order valence-corrected chi connectivity index (χ2v) is 15.0. The largest absolute Gasteiger partial charge is 0.357 e. The molecule has 0 atom stereocenters. The molecule has 27 heavy (non-hydrogen) atoms. The van der Waals surface area contributed by atoms with Crippen LogP contribution in [0.15, 0.2) is 12.1 Å². The first-order valence-electron chi connectivity index (χ1n) is 10.5. The molecule has 0 fully saturated rings. The minimum atomic E-state index is -1.72. The molecule has 1 aliphatic heterocycles. The standard InChI is InChI=1S/C24H36N2Si/c1-16(2)27(17(3)4,18(5)6)12-10-20-13-19(7)14-21-22-15-26(8)11-9-23(22)25-24(20)21/h13-14,16-18,25H,9,11,15H2,1-8H3. The van der Waals surface area contributed by atoms with Gasteiger partial charge in [-0.1, -0.05) is 47.5 Å². The molecule has 0 amide bonds. The Morgan fingerprint density at radius 3 is 2.26 bits per heavy atom. The number of nitrogens with one attached hydrogen (secondary N) is 1. The molecule has 3 rings (SSSR count). The summed E-state index contributed by atoms with van der Waals surface area (Å²) in [6.45, 7) is 18.7. The first kappa shape index (κ1) is 20.2. The second kappa shape index (κ2) is 7.49. The normalized spacial score (nSPS) is 15.5. The maximum absolute atomic E-state index is 3.91. The predicted octanol–water partition coefficient (Wildman–Crippen LogP) is 6.03. The number of hydrogen-bond acceptors (Lipinski definition) is 1. The molecule has 2 nitrogen and oxygen atoms in total. The van der Waals surface area contributed by atoms with E-state index in [2.05, 4.69) is 89.0 Å². The number of H-pyrrole nitrogens is 1. The van der Waals surface area contributed by atoms with Crippen LogP contribution < -0.4 is 0 Å². The maximum atomic E-state index is 3.91. The van der Waals surface area contributed by atoms with Crippen molar-refractivity contribution in [2.75, 3.05) is 13.6 Å². The highest BCUT2D eigenvalue weighted by atomic mass is 28.3. The fourth-order valence-electron chi connectivity index (χ4n) is 5.30. The fraction of sp³-hybridized carbons (Fsp3) is 0.583. The molecular formula is C24H36N2Si. The second-order valence-electron chi connectivity index (χ2n) is 9.45. The minimum absolute atomic E-state index is 0.663. The molecule has 0 unspecified atom stereocenters. The van der Waals surface area contributed by atoms with E-state index in [0.717, 1.165) is 19.5 Å². The number of aryl methyl sites for hydroxylation is 1. The van der Waals surface area contributed by atoms with Crippen LogP contribution >= 0.6 is 0 Å². The van der Waals surface area contributed by atoms with Crippen molar-refractivity contribution in [3.63, 3.8) is 0 Å². The molecule has 2 heterocycles. The van der Waals surface area contributed by atoms with Gasteiger partial charge in [0.15, 0.2) is 0 Å². The lowest BCUT2D eigenvalue weighted by atomic mass is 10.0. The van der Waals surface area contributed by atoms with Crippen LogP contribution in [0.5, 0.6) is 0 Å². The number of aromatic nitrogens is 1. The zero-order chi connectivity index (χ0) is 19.9. The van der Waals surface area contributed by atoms with Crippen molar-refractivity contribution in [1.29, 1.82) is 0 Å². The van der Waals surface area contributed by atoms with E-state index >= 15 is 0 Å². The van der Waals surface area contributed by atoms with Crippen LogP contribution in [0, 0.1) is 18.4 Å². The Morgan fingerprint density at radius 1 is 1.04 bits per heavy atom. The zero-order valence-corrected chi connectivity index (χ0v) is 19.5. The number of rotatable bonds is 3. The number of aromatic amines is 1. The number of likely N-dealkylation sites (N-methyl/N-ethyl adjacent to an activating group) is 1. The quantitative estimate of drug-likeness (QED) is 0.508. The van der Waals surface area contributed by atoms with Crippen molar-refractivity contribution in [2.24, 2.45) is 0 Å². The van der Waals surface area contributed by atoms with Crippen LogP contribution in [0.2, 0.25) is 16.6 Å². The third-order valence-electron chi connectivity index (χ3n) is 6.70. The van der Waals surface area contributed by atoms with Gasteiger partial charge in [0.05, 0.1) is 5.52 Å².